The number of rotatable bonds is 5. The number of anilines is 1. The third-order valence-corrected chi connectivity index (χ3v) is 4.63. The van der Waals surface area contributed by atoms with E-state index in [0.717, 1.165) is 30.1 Å². The van der Waals surface area contributed by atoms with Crippen molar-refractivity contribution >= 4 is 36.4 Å². The van der Waals surface area contributed by atoms with Gasteiger partial charge in [-0.1, -0.05) is 36.4 Å². The van der Waals surface area contributed by atoms with Gasteiger partial charge in [0.15, 0.2) is 0 Å². The van der Waals surface area contributed by atoms with E-state index in [9.17, 15) is 4.79 Å². The van der Waals surface area contributed by atoms with Crippen molar-refractivity contribution in [1.29, 1.82) is 0 Å². The van der Waals surface area contributed by atoms with Crippen molar-refractivity contribution in [1.82, 2.24) is 4.90 Å². The molecule has 0 aliphatic carbocycles. The number of halogens is 2. The molecule has 2 aromatic rings. The first-order chi connectivity index (χ1) is 12.2. The van der Waals surface area contributed by atoms with Crippen molar-refractivity contribution < 1.29 is 9.53 Å². The fourth-order valence-corrected chi connectivity index (χ4v) is 3.18. The topological polar surface area (TPSA) is 58.8 Å². The second-order valence-electron chi connectivity index (χ2n) is 6.31. The van der Waals surface area contributed by atoms with Gasteiger partial charge in [-0.2, -0.15) is 0 Å². The number of nitrogens with two attached hydrogens (primary N) is 1. The summed E-state index contributed by atoms with van der Waals surface area (Å²) in [6.07, 6.45) is 0.579. The zero-order valence-electron chi connectivity index (χ0n) is 15.4. The van der Waals surface area contributed by atoms with Gasteiger partial charge in [0.2, 0.25) is 5.91 Å². The first-order valence-electron chi connectivity index (χ1n) is 8.64. The summed E-state index contributed by atoms with van der Waals surface area (Å²) in [6, 6.07) is 17.5. The van der Waals surface area contributed by atoms with Crippen LogP contribution in [0.15, 0.2) is 54.6 Å². The highest BCUT2D eigenvalue weighted by atomic mass is 35.5. The van der Waals surface area contributed by atoms with Crippen molar-refractivity contribution in [2.75, 3.05) is 38.2 Å². The molecule has 0 spiro atoms. The van der Waals surface area contributed by atoms with Crippen LogP contribution in [0.4, 0.5) is 5.69 Å². The molecule has 1 fully saturated rings. The lowest BCUT2D eigenvalue weighted by Crippen LogP contribution is -2.53. The van der Waals surface area contributed by atoms with Gasteiger partial charge in [0, 0.05) is 37.9 Å². The molecule has 7 heteroatoms. The van der Waals surface area contributed by atoms with Gasteiger partial charge in [0.05, 0.1) is 13.2 Å². The Kier molecular flexibility index (Phi) is 9.43. The summed E-state index contributed by atoms with van der Waals surface area (Å²) in [5.74, 6) is 0.884. The summed E-state index contributed by atoms with van der Waals surface area (Å²) < 4.78 is 5.29. The Hall–Kier alpha value is -1.95. The van der Waals surface area contributed by atoms with Crippen LogP contribution in [0.5, 0.6) is 5.75 Å². The molecule has 5 nitrogen and oxygen atoms in total. The summed E-state index contributed by atoms with van der Waals surface area (Å²) in [5.41, 5.74) is 8.36. The van der Waals surface area contributed by atoms with Crippen LogP contribution in [0.3, 0.4) is 0 Å². The number of hydrogen-bond acceptors (Lipinski definition) is 4. The van der Waals surface area contributed by atoms with Crippen LogP contribution in [-0.4, -0.2) is 50.1 Å². The minimum Gasteiger partial charge on any atom is -0.497 e. The average molecular weight is 412 g/mol. The molecular formula is C20H27Cl2N3O2. The second-order valence-corrected chi connectivity index (χ2v) is 6.31. The maximum absolute atomic E-state index is 12.6. The lowest BCUT2D eigenvalue weighted by molar-refractivity contribution is -0.132. The van der Waals surface area contributed by atoms with Gasteiger partial charge >= 0.3 is 0 Å². The standard InChI is InChI=1S/C20H25N3O2.2ClH/c1-25-18-9-5-8-17(15-18)22-10-12-23(13-11-22)20(24)19(21)14-16-6-3-2-4-7-16;;/h2-9,15,19H,10-14,21H2,1H3;2*1H. The van der Waals surface area contributed by atoms with E-state index >= 15 is 0 Å². The minimum atomic E-state index is -0.481. The number of ether oxygens (including phenoxy) is 1. The Morgan fingerprint density at radius 3 is 2.33 bits per heavy atom. The number of methoxy groups -OCH3 is 1. The molecule has 1 aliphatic rings. The molecule has 1 atom stereocenters. The van der Waals surface area contributed by atoms with Gasteiger partial charge in [-0.3, -0.25) is 4.79 Å². The maximum Gasteiger partial charge on any atom is 0.239 e. The fraction of sp³-hybridized carbons (Fsp3) is 0.350. The van der Waals surface area contributed by atoms with E-state index in [1.165, 1.54) is 0 Å². The highest BCUT2D eigenvalue weighted by Gasteiger charge is 2.25. The molecule has 1 heterocycles. The monoisotopic (exact) mass is 411 g/mol. The van der Waals surface area contributed by atoms with Crippen LogP contribution in [0.1, 0.15) is 5.56 Å². The molecule has 0 bridgehead atoms. The minimum absolute atomic E-state index is 0. The summed E-state index contributed by atoms with van der Waals surface area (Å²) in [5, 5.41) is 0. The zero-order chi connectivity index (χ0) is 17.6. The number of carbonyl (C=O) groups excluding carboxylic acids is 1. The van der Waals surface area contributed by atoms with Gasteiger partial charge < -0.3 is 20.3 Å². The third-order valence-electron chi connectivity index (χ3n) is 4.63. The van der Waals surface area contributed by atoms with Crippen LogP contribution >= 0.6 is 24.8 Å². The molecule has 0 saturated carbocycles. The second kappa shape index (κ2) is 11.0. The first kappa shape index (κ1) is 23.1. The van der Waals surface area contributed by atoms with Crippen LogP contribution in [0.2, 0.25) is 0 Å². The molecule has 1 amide bonds. The molecule has 3 rings (SSSR count). The molecule has 1 saturated heterocycles. The number of benzene rings is 2. The van der Waals surface area contributed by atoms with Crippen molar-refractivity contribution in [3.8, 4) is 5.75 Å². The molecule has 0 aromatic heterocycles. The predicted molar refractivity (Wildman–Crippen MR) is 114 cm³/mol. The van der Waals surface area contributed by atoms with Gasteiger partial charge in [-0.05, 0) is 24.1 Å². The van der Waals surface area contributed by atoms with E-state index < -0.39 is 6.04 Å². The van der Waals surface area contributed by atoms with E-state index in [4.69, 9.17) is 10.5 Å². The van der Waals surface area contributed by atoms with Crippen molar-refractivity contribution in [3.05, 3.63) is 60.2 Å². The highest BCUT2D eigenvalue weighted by molar-refractivity contribution is 5.85. The number of piperazine rings is 1. The largest absolute Gasteiger partial charge is 0.497 e. The molecule has 2 aromatic carbocycles. The number of nitrogens with zero attached hydrogens (tertiary/aromatic N) is 2. The highest BCUT2D eigenvalue weighted by Crippen LogP contribution is 2.22. The first-order valence-corrected chi connectivity index (χ1v) is 8.64. The maximum atomic E-state index is 12.6. The number of carbonyl (C=O) groups is 1. The van der Waals surface area contributed by atoms with Crippen LogP contribution < -0.4 is 15.4 Å². The lowest BCUT2D eigenvalue weighted by atomic mass is 10.1. The Morgan fingerprint density at radius 1 is 1.04 bits per heavy atom. The van der Waals surface area contributed by atoms with Gasteiger partial charge in [-0.25, -0.2) is 0 Å². The molecule has 2 N–H and O–H groups in total. The Bertz CT molecular complexity index is 707. The van der Waals surface area contributed by atoms with Crippen LogP contribution in [-0.2, 0) is 11.2 Å². The van der Waals surface area contributed by atoms with E-state index in [1.54, 1.807) is 7.11 Å². The van der Waals surface area contributed by atoms with Gasteiger partial charge in [-0.15, -0.1) is 24.8 Å². The average Bonchev–Trinajstić information content (AvgIpc) is 2.68. The van der Waals surface area contributed by atoms with Crippen molar-refractivity contribution in [2.45, 2.75) is 12.5 Å². The van der Waals surface area contributed by atoms with Gasteiger partial charge in [0.25, 0.3) is 0 Å². The summed E-state index contributed by atoms with van der Waals surface area (Å²) in [4.78, 5) is 16.8. The van der Waals surface area contributed by atoms with Crippen molar-refractivity contribution in [3.63, 3.8) is 0 Å². The van der Waals surface area contributed by atoms with E-state index in [2.05, 4.69) is 11.0 Å². The third kappa shape index (κ3) is 6.03. The molecule has 1 aliphatic heterocycles. The van der Waals surface area contributed by atoms with E-state index in [0.29, 0.717) is 19.5 Å². The molecule has 148 valence electrons. The van der Waals surface area contributed by atoms with E-state index in [1.807, 2.05) is 53.4 Å². The van der Waals surface area contributed by atoms with Crippen LogP contribution in [0, 0.1) is 0 Å². The summed E-state index contributed by atoms with van der Waals surface area (Å²) in [6.45, 7) is 2.99. The quantitative estimate of drug-likeness (QED) is 0.821. The van der Waals surface area contributed by atoms with Crippen LogP contribution in [0.25, 0.3) is 0 Å². The summed E-state index contributed by atoms with van der Waals surface area (Å²) in [7, 11) is 1.67. The molecule has 1 unspecified atom stereocenters. The normalized spacial score (nSPS) is 14.6. The van der Waals surface area contributed by atoms with Crippen molar-refractivity contribution in [2.24, 2.45) is 5.73 Å². The predicted octanol–water partition coefficient (Wildman–Crippen LogP) is 2.76. The number of hydrogen-bond donors (Lipinski definition) is 1. The fourth-order valence-electron chi connectivity index (χ4n) is 3.18. The smallest absolute Gasteiger partial charge is 0.239 e. The molecule has 0 radical (unpaired) electrons. The van der Waals surface area contributed by atoms with Gasteiger partial charge in [0.1, 0.15) is 5.75 Å². The summed E-state index contributed by atoms with van der Waals surface area (Å²) >= 11 is 0. The SMILES string of the molecule is COc1cccc(N2CCN(C(=O)C(N)Cc3ccccc3)CC2)c1.Cl.Cl. The molecular weight excluding hydrogens is 385 g/mol. The Balaban J connectivity index is 0.00000182. The number of amides is 1. The Morgan fingerprint density at radius 2 is 1.70 bits per heavy atom. The lowest BCUT2D eigenvalue weighted by Gasteiger charge is -2.37. The van der Waals surface area contributed by atoms with E-state index in [-0.39, 0.29) is 30.7 Å². The zero-order valence-corrected chi connectivity index (χ0v) is 17.0. The molecule has 27 heavy (non-hydrogen) atoms. The Labute approximate surface area is 173 Å².